The highest BCUT2D eigenvalue weighted by Crippen LogP contribution is 2.42. The lowest BCUT2D eigenvalue weighted by Crippen LogP contribution is -2.10. The number of sulfone groups is 1. The zero-order valence-electron chi connectivity index (χ0n) is 26.1. The minimum absolute atomic E-state index is 0.0539. The van der Waals surface area contributed by atoms with Crippen LogP contribution in [0.4, 0.5) is 0 Å². The fourth-order valence-corrected chi connectivity index (χ4v) is 8.24. The molecule has 0 fully saturated rings. The summed E-state index contributed by atoms with van der Waals surface area (Å²) in [5, 5.41) is 0. The van der Waals surface area contributed by atoms with Crippen molar-refractivity contribution in [1.29, 1.82) is 0 Å². The van der Waals surface area contributed by atoms with E-state index >= 15 is 0 Å². The molecule has 0 saturated carbocycles. The van der Waals surface area contributed by atoms with Gasteiger partial charge >= 0.3 is 0 Å². The molecular formula is C36H52O2S2. The van der Waals surface area contributed by atoms with Crippen molar-refractivity contribution in [3.63, 3.8) is 0 Å². The Balaban J connectivity index is 1.78. The summed E-state index contributed by atoms with van der Waals surface area (Å²) in [5.41, 5.74) is 4.72. The van der Waals surface area contributed by atoms with E-state index in [1.165, 1.54) is 56.1 Å². The van der Waals surface area contributed by atoms with Gasteiger partial charge < -0.3 is 0 Å². The lowest BCUT2D eigenvalue weighted by molar-refractivity contribution is 0.558. The summed E-state index contributed by atoms with van der Waals surface area (Å²) < 4.78 is 27.4. The molecule has 0 aliphatic carbocycles. The highest BCUT2D eigenvalue weighted by Gasteiger charge is 2.24. The third-order valence-electron chi connectivity index (χ3n) is 7.85. The summed E-state index contributed by atoms with van der Waals surface area (Å²) in [7, 11) is -3.39. The van der Waals surface area contributed by atoms with Gasteiger partial charge in [-0.2, -0.15) is 0 Å². The van der Waals surface area contributed by atoms with Gasteiger partial charge in [-0.15, -0.1) is 11.3 Å². The van der Waals surface area contributed by atoms with E-state index in [0.717, 1.165) is 40.1 Å². The van der Waals surface area contributed by atoms with Crippen molar-refractivity contribution in [2.45, 2.75) is 128 Å². The Morgan fingerprint density at radius 1 is 0.600 bits per heavy atom. The van der Waals surface area contributed by atoms with Crippen LogP contribution in [-0.4, -0.2) is 14.2 Å². The van der Waals surface area contributed by atoms with Crippen molar-refractivity contribution in [3.05, 3.63) is 65.7 Å². The Hall–Kier alpha value is -1.91. The molecule has 1 heterocycles. The molecule has 0 amide bonds. The van der Waals surface area contributed by atoms with Crippen LogP contribution in [0.25, 0.3) is 20.9 Å². The minimum atomic E-state index is -3.39. The molecule has 4 heteroatoms. The molecule has 220 valence electrons. The number of unbranched alkanes of at least 4 members (excludes halogenated alkanes) is 9. The van der Waals surface area contributed by atoms with Gasteiger partial charge in [-0.3, -0.25) is 0 Å². The van der Waals surface area contributed by atoms with Gasteiger partial charge in [-0.25, -0.2) is 8.42 Å². The van der Waals surface area contributed by atoms with E-state index < -0.39 is 9.84 Å². The molecule has 2 aromatic carbocycles. The predicted molar refractivity (Wildman–Crippen MR) is 176 cm³/mol. The first-order valence-electron chi connectivity index (χ1n) is 15.4. The summed E-state index contributed by atoms with van der Waals surface area (Å²) in [6.07, 6.45) is 11.9. The molecule has 0 saturated heterocycles. The highest BCUT2D eigenvalue weighted by molar-refractivity contribution is 7.91. The Morgan fingerprint density at radius 3 is 1.48 bits per heavy atom. The van der Waals surface area contributed by atoms with Gasteiger partial charge in [0.1, 0.15) is 0 Å². The second-order valence-electron chi connectivity index (χ2n) is 13.5. The first kappa shape index (κ1) is 32.6. The van der Waals surface area contributed by atoms with E-state index in [1.807, 2.05) is 6.07 Å². The van der Waals surface area contributed by atoms with Crippen LogP contribution in [0.15, 0.2) is 59.5 Å². The van der Waals surface area contributed by atoms with E-state index in [-0.39, 0.29) is 16.6 Å². The Kier molecular flexibility index (Phi) is 11.7. The molecule has 1 aromatic heterocycles. The molecular weight excluding hydrogens is 529 g/mol. The fourth-order valence-electron chi connectivity index (χ4n) is 5.09. The maximum Gasteiger partial charge on any atom is 0.179 e. The summed E-state index contributed by atoms with van der Waals surface area (Å²) >= 11 is 1.60. The SMILES string of the molecule is CCCCCCCCCCCCS(=O)(=O)c1cc(-c2ccc(C(C)(C)C)cc2)sc1-c1ccc(C(C)(C)C)cc1. The molecule has 0 unspecified atom stereocenters. The third-order valence-corrected chi connectivity index (χ3v) is 11.0. The number of hydrogen-bond acceptors (Lipinski definition) is 3. The average Bonchev–Trinajstić information content (AvgIpc) is 3.36. The zero-order valence-corrected chi connectivity index (χ0v) is 27.7. The van der Waals surface area contributed by atoms with E-state index in [0.29, 0.717) is 4.90 Å². The Bertz CT molecular complexity index is 1280. The number of hydrogen-bond donors (Lipinski definition) is 0. The van der Waals surface area contributed by atoms with Gasteiger partial charge in [-0.05, 0) is 45.6 Å². The number of thiophene rings is 1. The third kappa shape index (κ3) is 9.31. The van der Waals surface area contributed by atoms with Crippen LogP contribution in [0.3, 0.4) is 0 Å². The largest absolute Gasteiger partial charge is 0.224 e. The number of benzene rings is 2. The zero-order chi connectivity index (χ0) is 29.4. The van der Waals surface area contributed by atoms with Crippen molar-refractivity contribution in [2.24, 2.45) is 0 Å². The average molecular weight is 581 g/mol. The molecule has 0 radical (unpaired) electrons. The topological polar surface area (TPSA) is 34.1 Å². The Morgan fingerprint density at radius 2 is 1.02 bits per heavy atom. The van der Waals surface area contributed by atoms with E-state index in [9.17, 15) is 8.42 Å². The smallest absolute Gasteiger partial charge is 0.179 e. The van der Waals surface area contributed by atoms with Gasteiger partial charge in [-0.1, -0.05) is 155 Å². The lowest BCUT2D eigenvalue weighted by Gasteiger charge is -2.19. The maximum absolute atomic E-state index is 13.7. The van der Waals surface area contributed by atoms with Gasteiger partial charge in [0.05, 0.1) is 15.5 Å². The van der Waals surface area contributed by atoms with Crippen LogP contribution in [0.5, 0.6) is 0 Å². The molecule has 0 aliphatic rings. The van der Waals surface area contributed by atoms with Crippen LogP contribution in [0.2, 0.25) is 0 Å². The Labute approximate surface area is 249 Å². The molecule has 3 aromatic rings. The maximum atomic E-state index is 13.7. The summed E-state index contributed by atoms with van der Waals surface area (Å²) in [5.74, 6) is 0.218. The monoisotopic (exact) mass is 580 g/mol. The van der Waals surface area contributed by atoms with Gasteiger partial charge in [0.2, 0.25) is 0 Å². The van der Waals surface area contributed by atoms with Gasteiger partial charge in [0.25, 0.3) is 0 Å². The molecule has 0 bridgehead atoms. The molecule has 40 heavy (non-hydrogen) atoms. The van der Waals surface area contributed by atoms with Gasteiger partial charge in [0.15, 0.2) is 9.84 Å². The standard InChI is InChI=1S/C36H52O2S2/c1-8-9-10-11-12-13-14-15-16-17-26-40(37,38)33-27-32(28-18-22-30(23-19-28)35(2,3)4)39-34(33)29-20-24-31(25-21-29)36(5,6)7/h18-25,27H,8-17,26H2,1-7H3. The van der Waals surface area contributed by atoms with Crippen LogP contribution in [0, 0.1) is 0 Å². The summed E-state index contributed by atoms with van der Waals surface area (Å²) in [4.78, 5) is 2.37. The fraction of sp³-hybridized carbons (Fsp3) is 0.556. The lowest BCUT2D eigenvalue weighted by atomic mass is 9.86. The minimum Gasteiger partial charge on any atom is -0.224 e. The molecule has 3 rings (SSSR count). The van der Waals surface area contributed by atoms with E-state index in [4.69, 9.17) is 0 Å². The van der Waals surface area contributed by atoms with Crippen molar-refractivity contribution in [3.8, 4) is 20.9 Å². The van der Waals surface area contributed by atoms with Crippen molar-refractivity contribution in [1.82, 2.24) is 0 Å². The summed E-state index contributed by atoms with van der Waals surface area (Å²) in [6.45, 7) is 15.5. The molecule has 2 nitrogen and oxygen atoms in total. The first-order valence-corrected chi connectivity index (χ1v) is 17.9. The van der Waals surface area contributed by atoms with Crippen LogP contribution >= 0.6 is 11.3 Å². The molecule has 0 N–H and O–H groups in total. The summed E-state index contributed by atoms with van der Waals surface area (Å²) in [6, 6.07) is 19.0. The quantitative estimate of drug-likeness (QED) is 0.178. The van der Waals surface area contributed by atoms with Crippen molar-refractivity contribution in [2.75, 3.05) is 5.75 Å². The van der Waals surface area contributed by atoms with Crippen LogP contribution in [0.1, 0.15) is 124 Å². The molecule has 0 atom stereocenters. The second kappa shape index (κ2) is 14.3. The highest BCUT2D eigenvalue weighted by atomic mass is 32.2. The molecule has 0 aliphatic heterocycles. The van der Waals surface area contributed by atoms with Crippen molar-refractivity contribution >= 4 is 21.2 Å². The number of rotatable bonds is 14. The van der Waals surface area contributed by atoms with E-state index in [1.54, 1.807) is 11.3 Å². The van der Waals surface area contributed by atoms with Gasteiger partial charge in [0, 0.05) is 4.88 Å². The predicted octanol–water partition coefficient (Wildman–Crippen LogP) is 11.4. The molecule has 0 spiro atoms. The second-order valence-corrected chi connectivity index (χ2v) is 16.6. The van der Waals surface area contributed by atoms with E-state index in [2.05, 4.69) is 97.0 Å². The van der Waals surface area contributed by atoms with Crippen LogP contribution in [-0.2, 0) is 20.7 Å². The van der Waals surface area contributed by atoms with Crippen molar-refractivity contribution < 1.29 is 8.42 Å². The first-order chi connectivity index (χ1) is 18.8. The van der Waals surface area contributed by atoms with Crippen LogP contribution < -0.4 is 0 Å². The normalized spacial score (nSPS) is 12.7.